The number of carbonyl (C=O) groups excluding carboxylic acids is 1. The second-order valence-corrected chi connectivity index (χ2v) is 7.91. The van der Waals surface area contributed by atoms with Gasteiger partial charge in [0, 0.05) is 11.4 Å². The third-order valence-electron chi connectivity index (χ3n) is 4.24. The van der Waals surface area contributed by atoms with E-state index in [-0.39, 0.29) is 10.8 Å². The summed E-state index contributed by atoms with van der Waals surface area (Å²) in [6, 6.07) is 15.1. The monoisotopic (exact) mass is 463 g/mol. The molecular weight excluding hydrogens is 451 g/mol. The SMILES string of the molecule is O=C(Nc1nnc(Cc2ccccc2)s1)c1cnn(-c2ccc(Cl)cc2)c1C(F)(F)F. The van der Waals surface area contributed by atoms with Gasteiger partial charge in [0.05, 0.1) is 17.4 Å². The number of nitrogens with one attached hydrogen (secondary N) is 1. The van der Waals surface area contributed by atoms with Crippen molar-refractivity contribution in [2.24, 2.45) is 0 Å². The van der Waals surface area contributed by atoms with Gasteiger partial charge < -0.3 is 0 Å². The maximum absolute atomic E-state index is 13.8. The summed E-state index contributed by atoms with van der Waals surface area (Å²) in [4.78, 5) is 12.6. The van der Waals surface area contributed by atoms with Crippen molar-refractivity contribution in [1.29, 1.82) is 0 Å². The number of alkyl halides is 3. The molecule has 11 heteroatoms. The Labute approximate surface area is 183 Å². The van der Waals surface area contributed by atoms with E-state index in [9.17, 15) is 18.0 Å². The van der Waals surface area contributed by atoms with Gasteiger partial charge in [-0.2, -0.15) is 18.3 Å². The van der Waals surface area contributed by atoms with Crippen LogP contribution in [0.4, 0.5) is 18.3 Å². The van der Waals surface area contributed by atoms with E-state index in [2.05, 4.69) is 20.6 Å². The molecule has 1 amide bonds. The van der Waals surface area contributed by atoms with Gasteiger partial charge in [0.1, 0.15) is 5.01 Å². The standard InChI is InChI=1S/C20H13ClF3N5OS/c21-13-6-8-14(9-7-13)29-17(20(22,23)24)15(11-25-29)18(30)26-19-28-27-16(31-19)10-12-4-2-1-3-5-12/h1-9,11H,10H2,(H,26,28,30). The Bertz CT molecular complexity index is 1210. The number of hydrogen-bond donors (Lipinski definition) is 1. The van der Waals surface area contributed by atoms with Crippen molar-refractivity contribution < 1.29 is 18.0 Å². The molecule has 6 nitrogen and oxygen atoms in total. The minimum absolute atomic E-state index is 0.100. The Balaban J connectivity index is 1.58. The zero-order chi connectivity index (χ0) is 22.0. The Hall–Kier alpha value is -3.24. The van der Waals surface area contributed by atoms with E-state index in [1.54, 1.807) is 0 Å². The van der Waals surface area contributed by atoms with Crippen LogP contribution >= 0.6 is 22.9 Å². The zero-order valence-corrected chi connectivity index (χ0v) is 17.2. The van der Waals surface area contributed by atoms with Gasteiger partial charge in [-0.25, -0.2) is 4.68 Å². The van der Waals surface area contributed by atoms with Gasteiger partial charge in [-0.1, -0.05) is 53.3 Å². The maximum atomic E-state index is 13.8. The van der Waals surface area contributed by atoms with Crippen molar-refractivity contribution in [2.45, 2.75) is 12.6 Å². The van der Waals surface area contributed by atoms with Crippen LogP contribution < -0.4 is 5.32 Å². The number of halogens is 4. The number of hydrogen-bond acceptors (Lipinski definition) is 5. The minimum Gasteiger partial charge on any atom is -0.296 e. The fourth-order valence-corrected chi connectivity index (χ4v) is 3.77. The molecule has 0 radical (unpaired) electrons. The molecular formula is C20H13ClF3N5OS. The van der Waals surface area contributed by atoms with Gasteiger partial charge in [-0.3, -0.25) is 10.1 Å². The topological polar surface area (TPSA) is 72.7 Å². The van der Waals surface area contributed by atoms with Gasteiger partial charge in [-0.15, -0.1) is 10.2 Å². The molecule has 31 heavy (non-hydrogen) atoms. The lowest BCUT2D eigenvalue weighted by atomic mass is 10.2. The van der Waals surface area contributed by atoms with Gasteiger partial charge in [-0.05, 0) is 29.8 Å². The third-order valence-corrected chi connectivity index (χ3v) is 5.33. The average molecular weight is 464 g/mol. The summed E-state index contributed by atoms with van der Waals surface area (Å²) in [5.74, 6) is -0.977. The summed E-state index contributed by atoms with van der Waals surface area (Å²) >= 11 is 6.89. The van der Waals surface area contributed by atoms with E-state index in [1.165, 1.54) is 24.3 Å². The summed E-state index contributed by atoms with van der Waals surface area (Å²) in [5, 5.41) is 15.1. The number of nitrogens with zero attached hydrogens (tertiary/aromatic N) is 4. The van der Waals surface area contributed by atoms with E-state index in [0.29, 0.717) is 21.1 Å². The first-order valence-electron chi connectivity index (χ1n) is 8.90. The predicted molar refractivity (Wildman–Crippen MR) is 111 cm³/mol. The lowest BCUT2D eigenvalue weighted by Crippen LogP contribution is -2.20. The van der Waals surface area contributed by atoms with E-state index in [1.807, 2.05) is 30.3 Å². The highest BCUT2D eigenvalue weighted by molar-refractivity contribution is 7.15. The highest BCUT2D eigenvalue weighted by atomic mass is 35.5. The Morgan fingerprint density at radius 1 is 1.06 bits per heavy atom. The first kappa shape index (κ1) is 21.0. The van der Waals surface area contributed by atoms with Crippen molar-refractivity contribution >= 4 is 34.0 Å². The van der Waals surface area contributed by atoms with Crippen LogP contribution in [0.2, 0.25) is 5.02 Å². The van der Waals surface area contributed by atoms with Crippen LogP contribution in [0.15, 0.2) is 60.8 Å². The van der Waals surface area contributed by atoms with Crippen LogP contribution in [0, 0.1) is 0 Å². The molecule has 158 valence electrons. The molecule has 0 bridgehead atoms. The van der Waals surface area contributed by atoms with Crippen LogP contribution in [-0.4, -0.2) is 25.9 Å². The molecule has 0 aliphatic carbocycles. The molecule has 0 aliphatic rings. The molecule has 0 spiro atoms. The Morgan fingerprint density at radius 2 is 1.77 bits per heavy atom. The molecule has 2 aromatic carbocycles. The van der Waals surface area contributed by atoms with E-state index < -0.39 is 23.3 Å². The van der Waals surface area contributed by atoms with Crippen molar-refractivity contribution in [1.82, 2.24) is 20.0 Å². The lowest BCUT2D eigenvalue weighted by Gasteiger charge is -2.12. The maximum Gasteiger partial charge on any atom is 0.434 e. The summed E-state index contributed by atoms with van der Waals surface area (Å²) < 4.78 is 41.9. The molecule has 0 atom stereocenters. The summed E-state index contributed by atoms with van der Waals surface area (Å²) in [6.45, 7) is 0. The molecule has 0 aliphatic heterocycles. The fraction of sp³-hybridized carbons (Fsp3) is 0.100. The smallest absolute Gasteiger partial charge is 0.296 e. The van der Waals surface area contributed by atoms with Crippen LogP contribution in [0.1, 0.15) is 26.6 Å². The van der Waals surface area contributed by atoms with Gasteiger partial charge in [0.15, 0.2) is 5.69 Å². The quantitative estimate of drug-likeness (QED) is 0.439. The fourth-order valence-electron chi connectivity index (χ4n) is 2.88. The summed E-state index contributed by atoms with van der Waals surface area (Å²) in [6.07, 6.45) is -3.45. The highest BCUT2D eigenvalue weighted by Crippen LogP contribution is 2.34. The molecule has 4 rings (SSSR count). The van der Waals surface area contributed by atoms with E-state index >= 15 is 0 Å². The van der Waals surface area contributed by atoms with Crippen LogP contribution in [0.3, 0.4) is 0 Å². The zero-order valence-electron chi connectivity index (χ0n) is 15.6. The number of benzene rings is 2. The molecule has 2 aromatic heterocycles. The number of aromatic nitrogens is 4. The third kappa shape index (κ3) is 4.75. The van der Waals surface area contributed by atoms with Gasteiger partial charge >= 0.3 is 6.18 Å². The number of rotatable bonds is 5. The minimum atomic E-state index is -4.82. The van der Waals surface area contributed by atoms with Gasteiger partial charge in [0.2, 0.25) is 5.13 Å². The normalized spacial score (nSPS) is 11.5. The Morgan fingerprint density at radius 3 is 2.45 bits per heavy atom. The molecule has 2 heterocycles. The van der Waals surface area contributed by atoms with Gasteiger partial charge in [0.25, 0.3) is 5.91 Å². The molecule has 1 N–H and O–H groups in total. The number of carbonyl (C=O) groups is 1. The molecule has 0 saturated carbocycles. The summed E-state index contributed by atoms with van der Waals surface area (Å²) in [5.41, 5.74) is -0.694. The predicted octanol–water partition coefficient (Wildman–Crippen LogP) is 5.24. The van der Waals surface area contributed by atoms with Crippen molar-refractivity contribution in [3.63, 3.8) is 0 Å². The van der Waals surface area contributed by atoms with Crippen LogP contribution in [0.25, 0.3) is 5.69 Å². The molecule has 0 unspecified atom stereocenters. The lowest BCUT2D eigenvalue weighted by molar-refractivity contribution is -0.143. The summed E-state index contributed by atoms with van der Waals surface area (Å²) in [7, 11) is 0. The first-order valence-corrected chi connectivity index (χ1v) is 10.1. The van der Waals surface area contributed by atoms with E-state index in [4.69, 9.17) is 11.6 Å². The van der Waals surface area contributed by atoms with E-state index in [0.717, 1.165) is 23.1 Å². The van der Waals surface area contributed by atoms with Crippen molar-refractivity contribution in [2.75, 3.05) is 5.32 Å². The average Bonchev–Trinajstić information content (AvgIpc) is 3.36. The largest absolute Gasteiger partial charge is 0.434 e. The second-order valence-electron chi connectivity index (χ2n) is 6.41. The van der Waals surface area contributed by atoms with Crippen molar-refractivity contribution in [3.8, 4) is 5.69 Å². The van der Waals surface area contributed by atoms with Crippen molar-refractivity contribution in [3.05, 3.63) is 87.6 Å². The Kier molecular flexibility index (Phi) is 5.75. The first-order chi connectivity index (χ1) is 14.8. The molecule has 4 aromatic rings. The molecule has 0 saturated heterocycles. The van der Waals surface area contributed by atoms with Crippen LogP contribution in [-0.2, 0) is 12.6 Å². The molecule has 0 fully saturated rings. The highest BCUT2D eigenvalue weighted by Gasteiger charge is 2.40. The second kappa shape index (κ2) is 8.48. The van der Waals surface area contributed by atoms with Crippen LogP contribution in [0.5, 0.6) is 0 Å². The number of amides is 1. The number of anilines is 1.